The molecule has 2 spiro atoms. The molecule has 1 unspecified atom stereocenters. The van der Waals surface area contributed by atoms with Crippen LogP contribution in [0.15, 0.2) is 0 Å². The summed E-state index contributed by atoms with van der Waals surface area (Å²) in [6.07, 6.45) is 6.58. The minimum Gasteiger partial charge on any atom is -0.313 e. The van der Waals surface area contributed by atoms with E-state index in [1.807, 2.05) is 6.92 Å². The molecule has 0 radical (unpaired) electrons. The van der Waals surface area contributed by atoms with E-state index < -0.39 is 23.4 Å². The van der Waals surface area contributed by atoms with Gasteiger partial charge in [0.2, 0.25) is 11.8 Å². The second-order valence-electron chi connectivity index (χ2n) is 9.80. The molecule has 0 aromatic carbocycles. The maximum absolute atomic E-state index is 13.0. The molecule has 2 aliphatic heterocycles. The highest BCUT2D eigenvalue weighted by molar-refractivity contribution is 6.14. The number of barbiturate groups is 1. The van der Waals surface area contributed by atoms with Gasteiger partial charge in [0.1, 0.15) is 12.0 Å². The molecule has 31 heavy (non-hydrogen) atoms. The van der Waals surface area contributed by atoms with Crippen molar-refractivity contribution in [2.75, 3.05) is 20.6 Å². The van der Waals surface area contributed by atoms with Gasteiger partial charge in [0.15, 0.2) is 0 Å². The summed E-state index contributed by atoms with van der Waals surface area (Å²) in [5.74, 6) is -0.924. The first kappa shape index (κ1) is 21.8. The molecular weight excluding hydrogens is 400 g/mol. The zero-order valence-corrected chi connectivity index (χ0v) is 18.7. The topological polar surface area (TPSA) is 98.3 Å². The lowest BCUT2D eigenvalue weighted by Crippen LogP contribution is -2.62. The SMILES string of the molecule is CCCCN1C(=O)CC(=O)N(C2CCCC3(CC2)CC2(C3)C(=O)N(C)C(=O)N2C)C1=O. The van der Waals surface area contributed by atoms with Crippen LogP contribution in [0.5, 0.6) is 0 Å². The van der Waals surface area contributed by atoms with Crippen molar-refractivity contribution in [3.8, 4) is 0 Å². The van der Waals surface area contributed by atoms with Gasteiger partial charge in [0.05, 0.1) is 0 Å². The van der Waals surface area contributed by atoms with E-state index in [0.717, 1.165) is 32.1 Å². The van der Waals surface area contributed by atoms with Gasteiger partial charge in [-0.2, -0.15) is 0 Å². The van der Waals surface area contributed by atoms with Crippen LogP contribution in [0.1, 0.15) is 71.1 Å². The number of imide groups is 3. The van der Waals surface area contributed by atoms with Crippen molar-refractivity contribution in [1.29, 1.82) is 0 Å². The maximum atomic E-state index is 13.0. The summed E-state index contributed by atoms with van der Waals surface area (Å²) < 4.78 is 0. The summed E-state index contributed by atoms with van der Waals surface area (Å²) >= 11 is 0. The average molecular weight is 433 g/mol. The normalized spacial score (nSPS) is 34.3. The minimum absolute atomic E-state index is 0.0380. The van der Waals surface area contributed by atoms with Crippen LogP contribution in [-0.2, 0) is 14.4 Å². The van der Waals surface area contributed by atoms with Crippen LogP contribution in [-0.4, -0.2) is 81.6 Å². The summed E-state index contributed by atoms with van der Waals surface area (Å²) in [6, 6.07) is -0.944. The molecule has 4 rings (SSSR count). The molecule has 2 aliphatic carbocycles. The lowest BCUT2D eigenvalue weighted by Gasteiger charge is -2.55. The number of carbonyl (C=O) groups excluding carboxylic acids is 5. The average Bonchev–Trinajstić information content (AvgIpc) is 2.87. The number of unbranched alkanes of at least 4 members (excludes halogenated alkanes) is 1. The smallest absolute Gasteiger partial charge is 0.313 e. The number of hydrogen-bond acceptors (Lipinski definition) is 5. The Morgan fingerprint density at radius 3 is 2.26 bits per heavy atom. The highest BCUT2D eigenvalue weighted by Gasteiger charge is 2.66. The first-order valence-electron chi connectivity index (χ1n) is 11.4. The molecule has 0 aromatic rings. The van der Waals surface area contributed by atoms with E-state index in [-0.39, 0.29) is 29.8 Å². The van der Waals surface area contributed by atoms with Gasteiger partial charge in [0, 0.05) is 26.7 Å². The highest BCUT2D eigenvalue weighted by atomic mass is 16.2. The molecule has 2 heterocycles. The first-order valence-corrected chi connectivity index (χ1v) is 11.4. The summed E-state index contributed by atoms with van der Waals surface area (Å²) in [4.78, 5) is 68.1. The maximum Gasteiger partial charge on any atom is 0.333 e. The fraction of sp³-hybridized carbons (Fsp3) is 0.773. The Morgan fingerprint density at radius 1 is 0.935 bits per heavy atom. The van der Waals surface area contributed by atoms with E-state index in [1.54, 1.807) is 11.9 Å². The third kappa shape index (κ3) is 3.24. The molecule has 9 heteroatoms. The van der Waals surface area contributed by atoms with Crippen LogP contribution in [0.2, 0.25) is 0 Å². The van der Waals surface area contributed by atoms with Gasteiger partial charge in [-0.15, -0.1) is 0 Å². The lowest BCUT2D eigenvalue weighted by atomic mass is 9.53. The Labute approximate surface area is 182 Å². The Hall–Kier alpha value is -2.45. The molecule has 170 valence electrons. The molecular formula is C22H32N4O5. The molecule has 4 fully saturated rings. The van der Waals surface area contributed by atoms with Gasteiger partial charge in [0.25, 0.3) is 5.91 Å². The van der Waals surface area contributed by atoms with Crippen molar-refractivity contribution in [2.24, 2.45) is 5.41 Å². The van der Waals surface area contributed by atoms with Gasteiger partial charge in [-0.1, -0.05) is 19.8 Å². The Bertz CT molecular complexity index is 834. The summed E-state index contributed by atoms with van der Waals surface area (Å²) in [5, 5.41) is 0. The second-order valence-corrected chi connectivity index (χ2v) is 9.80. The van der Waals surface area contributed by atoms with Crippen molar-refractivity contribution in [3.63, 3.8) is 0 Å². The lowest BCUT2D eigenvalue weighted by molar-refractivity contribution is -0.146. The largest absolute Gasteiger partial charge is 0.333 e. The standard InChI is InChI=1S/C22H32N4O5/c1-4-5-11-25-16(27)12-17(28)26(20(25)31)15-7-6-9-21(10-8-15)13-22(14-21)18(29)23(2)19(30)24(22)3/h15H,4-14H2,1-3H3. The van der Waals surface area contributed by atoms with Crippen LogP contribution in [0, 0.1) is 5.41 Å². The number of nitrogens with zero attached hydrogens (tertiary/aromatic N) is 4. The Morgan fingerprint density at radius 2 is 1.65 bits per heavy atom. The third-order valence-electron chi connectivity index (χ3n) is 7.92. The molecule has 0 aromatic heterocycles. The van der Waals surface area contributed by atoms with E-state index in [2.05, 4.69) is 0 Å². The first-order chi connectivity index (χ1) is 14.7. The fourth-order valence-corrected chi connectivity index (χ4v) is 6.14. The summed E-state index contributed by atoms with van der Waals surface area (Å²) in [7, 11) is 3.23. The number of hydrogen-bond donors (Lipinski definition) is 0. The third-order valence-corrected chi connectivity index (χ3v) is 7.92. The van der Waals surface area contributed by atoms with Crippen molar-refractivity contribution >= 4 is 29.8 Å². The van der Waals surface area contributed by atoms with Crippen molar-refractivity contribution in [3.05, 3.63) is 0 Å². The molecule has 4 aliphatic rings. The van der Waals surface area contributed by atoms with E-state index in [9.17, 15) is 24.0 Å². The Kier molecular flexibility index (Phi) is 5.34. The zero-order valence-electron chi connectivity index (χ0n) is 18.7. The number of rotatable bonds is 4. The number of amides is 7. The molecule has 2 saturated carbocycles. The second kappa shape index (κ2) is 7.60. The van der Waals surface area contributed by atoms with Crippen molar-refractivity contribution in [2.45, 2.75) is 82.7 Å². The van der Waals surface area contributed by atoms with E-state index in [0.29, 0.717) is 32.2 Å². The molecule has 0 bridgehead atoms. The summed E-state index contributed by atoms with van der Waals surface area (Å²) in [6.45, 7) is 2.35. The van der Waals surface area contributed by atoms with Crippen LogP contribution in [0.3, 0.4) is 0 Å². The Balaban J connectivity index is 1.45. The number of likely N-dealkylation sites (N-methyl/N-ethyl adjacent to an activating group) is 2. The van der Waals surface area contributed by atoms with Crippen molar-refractivity contribution in [1.82, 2.24) is 19.6 Å². The number of carbonyl (C=O) groups is 5. The van der Waals surface area contributed by atoms with Crippen LogP contribution in [0.4, 0.5) is 9.59 Å². The zero-order chi connectivity index (χ0) is 22.6. The van der Waals surface area contributed by atoms with Gasteiger partial charge in [-0.25, -0.2) is 9.59 Å². The predicted octanol–water partition coefficient (Wildman–Crippen LogP) is 2.34. The van der Waals surface area contributed by atoms with Crippen molar-refractivity contribution < 1.29 is 24.0 Å². The van der Waals surface area contributed by atoms with E-state index in [4.69, 9.17) is 0 Å². The summed E-state index contributed by atoms with van der Waals surface area (Å²) in [5.41, 5.74) is -0.768. The highest BCUT2D eigenvalue weighted by Crippen LogP contribution is 2.60. The van der Waals surface area contributed by atoms with Crippen LogP contribution < -0.4 is 0 Å². The van der Waals surface area contributed by atoms with Gasteiger partial charge in [-0.05, 0) is 50.4 Å². The molecule has 1 atom stereocenters. The molecule has 2 saturated heterocycles. The fourth-order valence-electron chi connectivity index (χ4n) is 6.14. The van der Waals surface area contributed by atoms with Gasteiger partial charge < -0.3 is 4.90 Å². The predicted molar refractivity (Wildman–Crippen MR) is 111 cm³/mol. The molecule has 9 nitrogen and oxygen atoms in total. The van der Waals surface area contributed by atoms with Gasteiger partial charge >= 0.3 is 12.1 Å². The minimum atomic E-state index is -0.730. The van der Waals surface area contributed by atoms with Crippen LogP contribution >= 0.6 is 0 Å². The van der Waals surface area contributed by atoms with E-state index >= 15 is 0 Å². The monoisotopic (exact) mass is 432 g/mol. The van der Waals surface area contributed by atoms with Gasteiger partial charge in [-0.3, -0.25) is 29.1 Å². The van der Waals surface area contributed by atoms with E-state index in [1.165, 1.54) is 21.7 Å². The molecule has 7 amide bonds. The molecule has 0 N–H and O–H groups in total. The number of urea groups is 2. The quantitative estimate of drug-likeness (QED) is 0.502. The van der Waals surface area contributed by atoms with Crippen LogP contribution in [0.25, 0.3) is 0 Å².